The molecule has 0 saturated carbocycles. The van der Waals surface area contributed by atoms with Crippen LogP contribution in [0.3, 0.4) is 0 Å². The first-order valence-electron chi connectivity index (χ1n) is 5.52. The molecule has 0 aliphatic carbocycles. The van der Waals surface area contributed by atoms with Gasteiger partial charge in [0.25, 0.3) is 5.91 Å². The summed E-state index contributed by atoms with van der Waals surface area (Å²) >= 11 is 5.77. The fourth-order valence-corrected chi connectivity index (χ4v) is 2.10. The third-order valence-electron chi connectivity index (χ3n) is 2.99. The van der Waals surface area contributed by atoms with Crippen molar-refractivity contribution in [2.75, 3.05) is 13.1 Å². The number of carbonyl (C=O) groups is 1. The average Bonchev–Trinajstić information content (AvgIpc) is 2.69. The first kappa shape index (κ1) is 12.2. The monoisotopic (exact) mass is 254 g/mol. The van der Waals surface area contributed by atoms with Gasteiger partial charge in [-0.1, -0.05) is 11.6 Å². The van der Waals surface area contributed by atoms with Crippen LogP contribution in [0.4, 0.5) is 0 Å². The highest BCUT2D eigenvalue weighted by atomic mass is 35.5. The zero-order valence-corrected chi connectivity index (χ0v) is 10.3. The summed E-state index contributed by atoms with van der Waals surface area (Å²) in [5.41, 5.74) is 0.252. The van der Waals surface area contributed by atoms with Crippen molar-refractivity contribution in [3.05, 3.63) is 28.8 Å². The minimum absolute atomic E-state index is 0.0167. The van der Waals surface area contributed by atoms with Crippen LogP contribution >= 0.6 is 11.6 Å². The number of phenolic OH excluding ortho intramolecular Hbond substituents is 1. The van der Waals surface area contributed by atoms with Gasteiger partial charge >= 0.3 is 0 Å². The van der Waals surface area contributed by atoms with Gasteiger partial charge in [0, 0.05) is 12.1 Å². The quantitative estimate of drug-likeness (QED) is 0.750. The second-order valence-corrected chi connectivity index (χ2v) is 5.01. The highest BCUT2D eigenvalue weighted by Crippen LogP contribution is 2.24. The first-order valence-corrected chi connectivity index (χ1v) is 5.90. The molecule has 1 unspecified atom stereocenters. The molecule has 1 aromatic rings. The van der Waals surface area contributed by atoms with Crippen LogP contribution in [0, 0.1) is 0 Å². The number of carbonyl (C=O) groups excluding carboxylic acids is 1. The minimum Gasteiger partial charge on any atom is -0.506 e. The van der Waals surface area contributed by atoms with Gasteiger partial charge in [-0.15, -0.1) is 0 Å². The lowest BCUT2D eigenvalue weighted by Gasteiger charge is -2.24. The number of hydrogen-bond donors (Lipinski definition) is 3. The summed E-state index contributed by atoms with van der Waals surface area (Å²) in [6, 6.07) is 4.45. The molecule has 17 heavy (non-hydrogen) atoms. The molecule has 0 spiro atoms. The number of halogens is 1. The van der Waals surface area contributed by atoms with E-state index in [0.717, 1.165) is 19.5 Å². The van der Waals surface area contributed by atoms with E-state index in [0.29, 0.717) is 5.56 Å². The minimum atomic E-state index is -0.207. The molecule has 1 amide bonds. The van der Waals surface area contributed by atoms with E-state index in [1.165, 1.54) is 12.1 Å². The Hall–Kier alpha value is -1.26. The largest absolute Gasteiger partial charge is 0.506 e. The molecule has 1 saturated heterocycles. The van der Waals surface area contributed by atoms with Crippen LogP contribution in [-0.2, 0) is 0 Å². The van der Waals surface area contributed by atoms with Gasteiger partial charge in [-0.2, -0.15) is 0 Å². The lowest BCUT2D eigenvalue weighted by molar-refractivity contribution is 0.0913. The fraction of sp³-hybridized carbons (Fsp3) is 0.417. The number of amides is 1. The molecule has 2 rings (SSSR count). The average molecular weight is 255 g/mol. The van der Waals surface area contributed by atoms with Crippen molar-refractivity contribution < 1.29 is 9.90 Å². The van der Waals surface area contributed by atoms with Crippen LogP contribution in [0.1, 0.15) is 23.7 Å². The molecule has 1 aliphatic heterocycles. The van der Waals surface area contributed by atoms with Crippen LogP contribution in [0.25, 0.3) is 0 Å². The summed E-state index contributed by atoms with van der Waals surface area (Å²) in [6.07, 6.45) is 0.907. The number of aromatic hydroxyl groups is 1. The third-order valence-corrected chi connectivity index (χ3v) is 3.30. The predicted octanol–water partition coefficient (Wildman–Crippen LogP) is 1.53. The van der Waals surface area contributed by atoms with E-state index in [2.05, 4.69) is 10.6 Å². The van der Waals surface area contributed by atoms with E-state index >= 15 is 0 Å². The molecule has 92 valence electrons. The molecular weight excluding hydrogens is 240 g/mol. The maximum atomic E-state index is 12.0. The normalized spacial score (nSPS) is 23.6. The number of phenols is 1. The second kappa shape index (κ2) is 4.55. The van der Waals surface area contributed by atoms with Crippen LogP contribution in [0.2, 0.25) is 5.02 Å². The summed E-state index contributed by atoms with van der Waals surface area (Å²) in [5, 5.41) is 15.7. The van der Waals surface area contributed by atoms with E-state index in [-0.39, 0.29) is 22.2 Å². The molecule has 5 heteroatoms. The highest BCUT2D eigenvalue weighted by Gasteiger charge is 2.30. The van der Waals surface area contributed by atoms with Crippen LogP contribution < -0.4 is 10.6 Å². The Kier molecular flexibility index (Phi) is 3.26. The Morgan fingerprint density at radius 3 is 2.94 bits per heavy atom. The van der Waals surface area contributed by atoms with Crippen LogP contribution in [-0.4, -0.2) is 29.6 Å². The first-order chi connectivity index (χ1) is 8.00. The topological polar surface area (TPSA) is 61.4 Å². The summed E-state index contributed by atoms with van der Waals surface area (Å²) in [7, 11) is 0. The maximum absolute atomic E-state index is 12.0. The Bertz CT molecular complexity index is 442. The molecule has 0 bridgehead atoms. The molecular formula is C12H15ClN2O2. The lowest BCUT2D eigenvalue weighted by atomic mass is 10.0. The summed E-state index contributed by atoms with van der Waals surface area (Å²) < 4.78 is 0. The molecule has 1 atom stereocenters. The molecule has 1 aliphatic rings. The zero-order chi connectivity index (χ0) is 12.5. The van der Waals surface area contributed by atoms with Gasteiger partial charge < -0.3 is 15.7 Å². The molecule has 0 radical (unpaired) electrons. The van der Waals surface area contributed by atoms with Gasteiger partial charge in [0.15, 0.2) is 0 Å². The summed E-state index contributed by atoms with van der Waals surface area (Å²) in [4.78, 5) is 12.0. The second-order valence-electron chi connectivity index (χ2n) is 4.61. The van der Waals surface area contributed by atoms with Gasteiger partial charge in [-0.3, -0.25) is 4.79 Å². The van der Waals surface area contributed by atoms with Crippen molar-refractivity contribution in [3.63, 3.8) is 0 Å². The SMILES string of the molecule is CC1(NC(=O)c2ccc(O)c(Cl)c2)CCNC1. The predicted molar refractivity (Wildman–Crippen MR) is 66.5 cm³/mol. The number of benzene rings is 1. The van der Waals surface area contributed by atoms with Crippen molar-refractivity contribution in [2.24, 2.45) is 0 Å². The Morgan fingerprint density at radius 2 is 2.35 bits per heavy atom. The van der Waals surface area contributed by atoms with E-state index < -0.39 is 0 Å². The third kappa shape index (κ3) is 2.70. The van der Waals surface area contributed by atoms with Crippen LogP contribution in [0.15, 0.2) is 18.2 Å². The molecule has 1 fully saturated rings. The molecule has 1 heterocycles. The number of nitrogens with one attached hydrogen (secondary N) is 2. The van der Waals surface area contributed by atoms with Crippen molar-refractivity contribution in [1.82, 2.24) is 10.6 Å². The molecule has 3 N–H and O–H groups in total. The van der Waals surface area contributed by atoms with Crippen molar-refractivity contribution >= 4 is 17.5 Å². The highest BCUT2D eigenvalue weighted by molar-refractivity contribution is 6.32. The van der Waals surface area contributed by atoms with E-state index in [1.807, 2.05) is 6.92 Å². The molecule has 0 aromatic heterocycles. The Morgan fingerprint density at radius 1 is 1.59 bits per heavy atom. The molecule has 1 aromatic carbocycles. The molecule has 4 nitrogen and oxygen atoms in total. The Balaban J connectivity index is 2.11. The standard InChI is InChI=1S/C12H15ClN2O2/c1-12(4-5-14-7-12)15-11(17)8-2-3-10(16)9(13)6-8/h2-3,6,14,16H,4-5,7H2,1H3,(H,15,17). The maximum Gasteiger partial charge on any atom is 0.251 e. The van der Waals surface area contributed by atoms with Crippen LogP contribution in [0.5, 0.6) is 5.75 Å². The van der Waals surface area contributed by atoms with E-state index in [1.54, 1.807) is 6.07 Å². The van der Waals surface area contributed by atoms with Gasteiger partial charge in [-0.25, -0.2) is 0 Å². The zero-order valence-electron chi connectivity index (χ0n) is 9.59. The van der Waals surface area contributed by atoms with Gasteiger partial charge in [-0.05, 0) is 38.1 Å². The van der Waals surface area contributed by atoms with Gasteiger partial charge in [0.2, 0.25) is 0 Å². The summed E-state index contributed by atoms with van der Waals surface area (Å²) in [6.45, 7) is 3.69. The fourth-order valence-electron chi connectivity index (χ4n) is 1.92. The Labute approximate surface area is 105 Å². The summed E-state index contributed by atoms with van der Waals surface area (Å²) in [5.74, 6) is -0.185. The van der Waals surface area contributed by atoms with Crippen molar-refractivity contribution in [1.29, 1.82) is 0 Å². The van der Waals surface area contributed by atoms with Gasteiger partial charge in [0.05, 0.1) is 10.6 Å². The van der Waals surface area contributed by atoms with E-state index in [4.69, 9.17) is 11.6 Å². The number of rotatable bonds is 2. The van der Waals surface area contributed by atoms with Gasteiger partial charge in [0.1, 0.15) is 5.75 Å². The van der Waals surface area contributed by atoms with Crippen molar-refractivity contribution in [3.8, 4) is 5.75 Å². The number of hydrogen-bond acceptors (Lipinski definition) is 3. The van der Waals surface area contributed by atoms with E-state index in [9.17, 15) is 9.90 Å². The smallest absolute Gasteiger partial charge is 0.251 e. The van der Waals surface area contributed by atoms with Crippen molar-refractivity contribution in [2.45, 2.75) is 18.9 Å². The lowest BCUT2D eigenvalue weighted by Crippen LogP contribution is -2.47.